The van der Waals surface area contributed by atoms with Gasteiger partial charge in [0.15, 0.2) is 0 Å². The number of ether oxygens (including phenoxy) is 2. The fourth-order valence-electron chi connectivity index (χ4n) is 1.21. The summed E-state index contributed by atoms with van der Waals surface area (Å²) >= 11 is 0. The molecule has 0 atom stereocenters. The predicted molar refractivity (Wildman–Crippen MR) is 58.5 cm³/mol. The van der Waals surface area contributed by atoms with Gasteiger partial charge in [-0.3, -0.25) is 0 Å². The Morgan fingerprint density at radius 2 is 1.93 bits per heavy atom. The highest BCUT2D eigenvalue weighted by molar-refractivity contribution is 4.54. The third kappa shape index (κ3) is 8.44. The SMILES string of the molecule is CCN(CCN)CCOCCCOC. The predicted octanol–water partition coefficient (Wildman–Crippen LogP) is 0.320. The molecule has 2 N–H and O–H groups in total. The zero-order chi connectivity index (χ0) is 10.6. The summed E-state index contributed by atoms with van der Waals surface area (Å²) in [5, 5.41) is 0. The van der Waals surface area contributed by atoms with Crippen molar-refractivity contribution in [2.45, 2.75) is 13.3 Å². The van der Waals surface area contributed by atoms with Crippen LogP contribution in [0.3, 0.4) is 0 Å². The molecule has 0 fully saturated rings. The first-order valence-electron chi connectivity index (χ1n) is 5.34. The Bertz CT molecular complexity index is 112. The van der Waals surface area contributed by atoms with Crippen molar-refractivity contribution in [1.82, 2.24) is 4.90 Å². The highest BCUT2D eigenvalue weighted by Gasteiger charge is 1.99. The Balaban J connectivity index is 3.15. The van der Waals surface area contributed by atoms with E-state index in [1.54, 1.807) is 7.11 Å². The van der Waals surface area contributed by atoms with Gasteiger partial charge < -0.3 is 20.1 Å². The lowest BCUT2D eigenvalue weighted by Crippen LogP contribution is -2.32. The Hall–Kier alpha value is -0.160. The molecule has 0 aromatic heterocycles. The van der Waals surface area contributed by atoms with Crippen molar-refractivity contribution in [3.63, 3.8) is 0 Å². The van der Waals surface area contributed by atoms with E-state index in [0.29, 0.717) is 0 Å². The van der Waals surface area contributed by atoms with Crippen LogP contribution in [0.5, 0.6) is 0 Å². The first-order valence-corrected chi connectivity index (χ1v) is 5.34. The first kappa shape index (κ1) is 13.8. The van der Waals surface area contributed by atoms with Gasteiger partial charge in [0.1, 0.15) is 0 Å². The maximum absolute atomic E-state index is 5.48. The molecule has 0 bridgehead atoms. The monoisotopic (exact) mass is 204 g/mol. The van der Waals surface area contributed by atoms with E-state index < -0.39 is 0 Å². The number of nitrogens with two attached hydrogens (primary N) is 1. The van der Waals surface area contributed by atoms with Gasteiger partial charge in [0.05, 0.1) is 6.61 Å². The largest absolute Gasteiger partial charge is 0.385 e. The quantitative estimate of drug-likeness (QED) is 0.521. The number of nitrogens with zero attached hydrogens (tertiary/aromatic N) is 1. The molecule has 0 spiro atoms. The van der Waals surface area contributed by atoms with E-state index in [-0.39, 0.29) is 0 Å². The summed E-state index contributed by atoms with van der Waals surface area (Å²) in [7, 11) is 1.71. The topological polar surface area (TPSA) is 47.7 Å². The van der Waals surface area contributed by atoms with Gasteiger partial charge in [0.2, 0.25) is 0 Å². The Kier molecular flexibility index (Phi) is 10.8. The molecule has 0 aliphatic heterocycles. The van der Waals surface area contributed by atoms with E-state index in [1.807, 2.05) is 0 Å². The van der Waals surface area contributed by atoms with Crippen LogP contribution in [0, 0.1) is 0 Å². The molecule has 86 valence electrons. The summed E-state index contributed by atoms with van der Waals surface area (Å²) in [5.41, 5.74) is 5.48. The van der Waals surface area contributed by atoms with Gasteiger partial charge in [-0.15, -0.1) is 0 Å². The Labute approximate surface area is 87.4 Å². The van der Waals surface area contributed by atoms with Crippen molar-refractivity contribution in [3.05, 3.63) is 0 Å². The highest BCUT2D eigenvalue weighted by atomic mass is 16.5. The summed E-state index contributed by atoms with van der Waals surface area (Å²) in [6.45, 7) is 8.18. The van der Waals surface area contributed by atoms with Crippen molar-refractivity contribution in [1.29, 1.82) is 0 Å². The van der Waals surface area contributed by atoms with Crippen LogP contribution >= 0.6 is 0 Å². The van der Waals surface area contributed by atoms with Gasteiger partial charge in [-0.05, 0) is 13.0 Å². The summed E-state index contributed by atoms with van der Waals surface area (Å²) in [4.78, 5) is 2.29. The van der Waals surface area contributed by atoms with Crippen LogP contribution in [0.15, 0.2) is 0 Å². The molecule has 0 rings (SSSR count). The fourth-order valence-corrected chi connectivity index (χ4v) is 1.21. The minimum atomic E-state index is 0.720. The third-order valence-corrected chi connectivity index (χ3v) is 2.08. The molecule has 0 aliphatic rings. The molecule has 0 saturated carbocycles. The normalized spacial score (nSPS) is 11.1. The molecule has 0 radical (unpaired) electrons. The van der Waals surface area contributed by atoms with Crippen molar-refractivity contribution in [3.8, 4) is 0 Å². The van der Waals surface area contributed by atoms with Gasteiger partial charge in [0, 0.05) is 40.0 Å². The summed E-state index contributed by atoms with van der Waals surface area (Å²) in [5.74, 6) is 0. The van der Waals surface area contributed by atoms with Crippen LogP contribution < -0.4 is 5.73 Å². The molecule has 0 heterocycles. The molecule has 4 heteroatoms. The molecule has 0 amide bonds. The molecule has 14 heavy (non-hydrogen) atoms. The molecular weight excluding hydrogens is 180 g/mol. The van der Waals surface area contributed by atoms with E-state index in [4.69, 9.17) is 15.2 Å². The standard InChI is InChI=1S/C10H24N2O2/c1-3-12(6-5-11)7-10-14-9-4-8-13-2/h3-11H2,1-2H3. The molecule has 4 nitrogen and oxygen atoms in total. The van der Waals surface area contributed by atoms with Crippen LogP contribution in [0.4, 0.5) is 0 Å². The molecule has 0 aromatic rings. The minimum absolute atomic E-state index is 0.720. The third-order valence-electron chi connectivity index (χ3n) is 2.08. The van der Waals surface area contributed by atoms with Crippen LogP contribution in [0.1, 0.15) is 13.3 Å². The van der Waals surface area contributed by atoms with Crippen LogP contribution in [0.25, 0.3) is 0 Å². The highest BCUT2D eigenvalue weighted by Crippen LogP contribution is 1.88. The summed E-state index contributed by atoms with van der Waals surface area (Å²) in [6, 6.07) is 0. The number of rotatable bonds is 10. The maximum Gasteiger partial charge on any atom is 0.0593 e. The minimum Gasteiger partial charge on any atom is -0.385 e. The second kappa shape index (κ2) is 10.9. The number of hydrogen-bond donors (Lipinski definition) is 1. The Morgan fingerprint density at radius 1 is 1.14 bits per heavy atom. The summed E-state index contributed by atoms with van der Waals surface area (Å²) in [6.07, 6.45) is 0.972. The second-order valence-electron chi connectivity index (χ2n) is 3.18. The van der Waals surface area contributed by atoms with Crippen molar-refractivity contribution in [2.24, 2.45) is 5.73 Å². The van der Waals surface area contributed by atoms with Crippen LogP contribution in [0.2, 0.25) is 0 Å². The number of likely N-dealkylation sites (N-methyl/N-ethyl adjacent to an activating group) is 1. The first-order chi connectivity index (χ1) is 6.85. The fraction of sp³-hybridized carbons (Fsp3) is 1.00. The lowest BCUT2D eigenvalue weighted by atomic mass is 10.4. The summed E-state index contributed by atoms with van der Waals surface area (Å²) < 4.78 is 10.4. The maximum atomic E-state index is 5.48. The zero-order valence-electron chi connectivity index (χ0n) is 9.50. The van der Waals surface area contributed by atoms with E-state index in [9.17, 15) is 0 Å². The van der Waals surface area contributed by atoms with E-state index in [2.05, 4.69) is 11.8 Å². The molecular formula is C10H24N2O2. The zero-order valence-corrected chi connectivity index (χ0v) is 9.50. The van der Waals surface area contributed by atoms with Gasteiger partial charge in [-0.25, -0.2) is 0 Å². The smallest absolute Gasteiger partial charge is 0.0593 e. The second-order valence-corrected chi connectivity index (χ2v) is 3.18. The van der Waals surface area contributed by atoms with Gasteiger partial charge in [-0.1, -0.05) is 6.92 Å². The van der Waals surface area contributed by atoms with Crippen LogP contribution in [-0.2, 0) is 9.47 Å². The molecule has 0 aromatic carbocycles. The van der Waals surface area contributed by atoms with Gasteiger partial charge in [0.25, 0.3) is 0 Å². The van der Waals surface area contributed by atoms with E-state index in [0.717, 1.165) is 52.4 Å². The average molecular weight is 204 g/mol. The molecule has 0 unspecified atom stereocenters. The number of methoxy groups -OCH3 is 1. The molecule has 0 aliphatic carbocycles. The van der Waals surface area contributed by atoms with Crippen LogP contribution in [-0.4, -0.2) is 58.0 Å². The number of hydrogen-bond acceptors (Lipinski definition) is 4. The van der Waals surface area contributed by atoms with E-state index in [1.165, 1.54) is 0 Å². The van der Waals surface area contributed by atoms with Crippen molar-refractivity contribution in [2.75, 3.05) is 53.1 Å². The van der Waals surface area contributed by atoms with Crippen molar-refractivity contribution < 1.29 is 9.47 Å². The Morgan fingerprint density at radius 3 is 2.50 bits per heavy atom. The van der Waals surface area contributed by atoms with Gasteiger partial charge >= 0.3 is 0 Å². The lowest BCUT2D eigenvalue weighted by Gasteiger charge is -2.18. The average Bonchev–Trinajstić information content (AvgIpc) is 2.21. The molecule has 0 saturated heterocycles. The lowest BCUT2D eigenvalue weighted by molar-refractivity contribution is 0.0854. The van der Waals surface area contributed by atoms with Gasteiger partial charge in [-0.2, -0.15) is 0 Å². The van der Waals surface area contributed by atoms with E-state index >= 15 is 0 Å². The van der Waals surface area contributed by atoms with Crippen molar-refractivity contribution >= 4 is 0 Å².